The molecule has 6 heteroatoms. The maximum atomic E-state index is 11.0. The van der Waals surface area contributed by atoms with Crippen LogP contribution in [0.5, 0.6) is 0 Å². The average molecular weight is 261 g/mol. The quantitative estimate of drug-likeness (QED) is 0.461. The first-order valence-electron chi connectivity index (χ1n) is 6.36. The van der Waals surface area contributed by atoms with Gasteiger partial charge in [0.15, 0.2) is 0 Å². The minimum Gasteiger partial charge on any atom is -0.464 e. The summed E-state index contributed by atoms with van der Waals surface area (Å²) in [6, 6.07) is 0. The number of aliphatic hydroxyl groups is 1. The number of hydrogen-bond donors (Lipinski definition) is 2. The molecule has 0 aliphatic carbocycles. The maximum Gasteiger partial charge on any atom is 0.332 e. The molecule has 0 saturated carbocycles. The van der Waals surface area contributed by atoms with E-state index in [2.05, 4.69) is 5.32 Å². The van der Waals surface area contributed by atoms with Crippen LogP contribution in [0.1, 0.15) is 20.3 Å². The minimum atomic E-state index is -0.791. The molecule has 0 spiro atoms. The van der Waals surface area contributed by atoms with Gasteiger partial charge in [-0.05, 0) is 13.8 Å². The average Bonchev–Trinajstić information content (AvgIpc) is 2.65. The Morgan fingerprint density at radius 2 is 2.39 bits per heavy atom. The van der Waals surface area contributed by atoms with E-state index in [-0.39, 0.29) is 18.7 Å². The van der Waals surface area contributed by atoms with E-state index in [9.17, 15) is 9.90 Å². The van der Waals surface area contributed by atoms with Crippen LogP contribution in [0, 0.1) is 0 Å². The molecular formula is C12H23NO5. The van der Waals surface area contributed by atoms with E-state index < -0.39 is 5.60 Å². The van der Waals surface area contributed by atoms with Gasteiger partial charge in [-0.15, -0.1) is 0 Å². The van der Waals surface area contributed by atoms with Gasteiger partial charge < -0.3 is 24.6 Å². The molecule has 6 nitrogen and oxygen atoms in total. The first kappa shape index (κ1) is 15.4. The van der Waals surface area contributed by atoms with Crippen molar-refractivity contribution in [1.29, 1.82) is 0 Å². The lowest BCUT2D eigenvalue weighted by atomic mass is 9.97. The molecule has 1 rings (SSSR count). The van der Waals surface area contributed by atoms with E-state index in [1.807, 2.05) is 6.92 Å². The molecule has 1 heterocycles. The van der Waals surface area contributed by atoms with Crippen LogP contribution in [0.4, 0.5) is 0 Å². The Kier molecular flexibility index (Phi) is 6.56. The van der Waals surface area contributed by atoms with E-state index in [1.54, 1.807) is 6.92 Å². The Labute approximate surface area is 108 Å². The summed E-state index contributed by atoms with van der Waals surface area (Å²) in [6.07, 6.45) is 0.496. The summed E-state index contributed by atoms with van der Waals surface area (Å²) in [5.41, 5.74) is -0.791. The van der Waals surface area contributed by atoms with Gasteiger partial charge in [-0.25, -0.2) is 4.79 Å². The summed E-state index contributed by atoms with van der Waals surface area (Å²) in [5.74, 6) is -0.353. The normalized spacial score (nSPS) is 27.4. The first-order chi connectivity index (χ1) is 8.58. The lowest BCUT2D eigenvalue weighted by molar-refractivity contribution is -0.148. The molecule has 2 unspecified atom stereocenters. The molecule has 1 aliphatic rings. The highest BCUT2D eigenvalue weighted by molar-refractivity contribution is 5.70. The molecule has 0 aromatic heterocycles. The molecule has 0 aromatic rings. The number of carbonyl (C=O) groups excluding carboxylic acids is 1. The third kappa shape index (κ3) is 4.89. The molecule has 2 N–H and O–H groups in total. The number of esters is 1. The van der Waals surface area contributed by atoms with Gasteiger partial charge in [-0.2, -0.15) is 0 Å². The predicted octanol–water partition coefficient (Wildman–Crippen LogP) is -0.304. The fraction of sp³-hybridized carbons (Fsp3) is 0.917. The molecule has 0 aromatic carbocycles. The van der Waals surface area contributed by atoms with Crippen LogP contribution in [-0.2, 0) is 19.0 Å². The Balaban J connectivity index is 2.00. The molecule has 18 heavy (non-hydrogen) atoms. The second-order valence-electron chi connectivity index (χ2n) is 4.40. The van der Waals surface area contributed by atoms with E-state index in [0.717, 1.165) is 0 Å². The van der Waals surface area contributed by atoms with Crippen LogP contribution in [0.15, 0.2) is 0 Å². The highest BCUT2D eigenvalue weighted by Gasteiger charge is 2.38. The van der Waals surface area contributed by atoms with Gasteiger partial charge in [0.1, 0.15) is 12.2 Å². The molecular weight excluding hydrogens is 238 g/mol. The van der Waals surface area contributed by atoms with Crippen molar-refractivity contribution < 1.29 is 24.1 Å². The Morgan fingerprint density at radius 1 is 1.61 bits per heavy atom. The van der Waals surface area contributed by atoms with Crippen molar-refractivity contribution in [2.45, 2.75) is 32.0 Å². The van der Waals surface area contributed by atoms with Crippen molar-refractivity contribution >= 4 is 5.97 Å². The largest absolute Gasteiger partial charge is 0.464 e. The summed E-state index contributed by atoms with van der Waals surface area (Å²) in [7, 11) is 0. The molecule has 1 saturated heterocycles. The summed E-state index contributed by atoms with van der Waals surface area (Å²) >= 11 is 0. The highest BCUT2D eigenvalue weighted by Crippen LogP contribution is 2.24. The number of rotatable bonds is 8. The summed E-state index contributed by atoms with van der Waals surface area (Å²) in [5, 5.41) is 13.3. The molecule has 1 aliphatic heterocycles. The lowest BCUT2D eigenvalue weighted by Gasteiger charge is -2.26. The van der Waals surface area contributed by atoms with Crippen molar-refractivity contribution in [2.24, 2.45) is 0 Å². The number of nitrogens with one attached hydrogen (secondary N) is 1. The van der Waals surface area contributed by atoms with Gasteiger partial charge in [-0.1, -0.05) is 0 Å². The first-order valence-corrected chi connectivity index (χ1v) is 6.36. The Bertz CT molecular complexity index is 261. The standard InChI is InChI=1S/C12H23NO5/c1-3-17-11(14)8-16-7-5-13-9-12(15)4-6-18-10(12)2/h10,13,15H,3-9H2,1-2H3. The number of hydrogen-bond acceptors (Lipinski definition) is 6. The topological polar surface area (TPSA) is 77.0 Å². The minimum absolute atomic E-state index is 0.0285. The molecule has 1 fully saturated rings. The van der Waals surface area contributed by atoms with E-state index >= 15 is 0 Å². The highest BCUT2D eigenvalue weighted by atomic mass is 16.6. The van der Waals surface area contributed by atoms with Crippen molar-refractivity contribution in [3.63, 3.8) is 0 Å². The van der Waals surface area contributed by atoms with Crippen LogP contribution in [0.3, 0.4) is 0 Å². The van der Waals surface area contributed by atoms with Gasteiger partial charge in [0.25, 0.3) is 0 Å². The summed E-state index contributed by atoms with van der Waals surface area (Å²) in [4.78, 5) is 11.0. The van der Waals surface area contributed by atoms with Crippen LogP contribution < -0.4 is 5.32 Å². The Morgan fingerprint density at radius 3 is 3.00 bits per heavy atom. The smallest absolute Gasteiger partial charge is 0.332 e. The van der Waals surface area contributed by atoms with E-state index in [4.69, 9.17) is 14.2 Å². The second-order valence-corrected chi connectivity index (χ2v) is 4.40. The van der Waals surface area contributed by atoms with Crippen LogP contribution in [-0.4, -0.2) is 62.3 Å². The SMILES string of the molecule is CCOC(=O)COCCNCC1(O)CCOC1C. The summed E-state index contributed by atoms with van der Waals surface area (Å²) < 4.78 is 15.2. The zero-order valence-corrected chi connectivity index (χ0v) is 11.1. The van der Waals surface area contributed by atoms with Gasteiger partial charge in [0.05, 0.1) is 19.3 Å². The van der Waals surface area contributed by atoms with Crippen LogP contribution in [0.25, 0.3) is 0 Å². The van der Waals surface area contributed by atoms with E-state index in [1.165, 1.54) is 0 Å². The third-order valence-electron chi connectivity index (χ3n) is 3.04. The van der Waals surface area contributed by atoms with Gasteiger partial charge in [-0.3, -0.25) is 0 Å². The second kappa shape index (κ2) is 7.68. The number of carbonyl (C=O) groups is 1. The molecule has 0 radical (unpaired) electrons. The maximum absolute atomic E-state index is 11.0. The lowest BCUT2D eigenvalue weighted by Crippen LogP contribution is -2.46. The van der Waals surface area contributed by atoms with Gasteiger partial charge in [0, 0.05) is 26.1 Å². The van der Waals surface area contributed by atoms with Crippen molar-refractivity contribution in [3.05, 3.63) is 0 Å². The van der Waals surface area contributed by atoms with Gasteiger partial charge >= 0.3 is 5.97 Å². The molecule has 2 atom stereocenters. The van der Waals surface area contributed by atoms with Gasteiger partial charge in [0.2, 0.25) is 0 Å². The molecule has 0 amide bonds. The molecule has 0 bridgehead atoms. The van der Waals surface area contributed by atoms with Crippen molar-refractivity contribution in [3.8, 4) is 0 Å². The fourth-order valence-electron chi connectivity index (χ4n) is 1.81. The van der Waals surface area contributed by atoms with Crippen LogP contribution >= 0.6 is 0 Å². The predicted molar refractivity (Wildman–Crippen MR) is 65.3 cm³/mol. The molecule has 106 valence electrons. The third-order valence-corrected chi connectivity index (χ3v) is 3.04. The Hall–Kier alpha value is -0.690. The van der Waals surface area contributed by atoms with Crippen LogP contribution in [0.2, 0.25) is 0 Å². The zero-order valence-electron chi connectivity index (χ0n) is 11.1. The van der Waals surface area contributed by atoms with Crippen molar-refractivity contribution in [2.75, 3.05) is 39.5 Å². The van der Waals surface area contributed by atoms with Crippen molar-refractivity contribution in [1.82, 2.24) is 5.32 Å². The van der Waals surface area contributed by atoms with E-state index in [0.29, 0.717) is 39.3 Å². The summed E-state index contributed by atoms with van der Waals surface area (Å²) in [6.45, 7) is 6.01. The number of ether oxygens (including phenoxy) is 3. The zero-order chi connectivity index (χ0) is 13.4. The fourth-order valence-corrected chi connectivity index (χ4v) is 1.81. The monoisotopic (exact) mass is 261 g/mol.